The highest BCUT2D eigenvalue weighted by Gasteiger charge is 2.52. The molecule has 0 N–H and O–H groups in total. The molecule has 6 rings (SSSR count). The van der Waals surface area contributed by atoms with Crippen LogP contribution in [0, 0.1) is 17.8 Å². The van der Waals surface area contributed by atoms with E-state index in [2.05, 4.69) is 29.2 Å². The third-order valence-corrected chi connectivity index (χ3v) is 6.84. The Balaban J connectivity index is 1.27. The molecule has 5 fully saturated rings. The summed E-state index contributed by atoms with van der Waals surface area (Å²) in [5.41, 5.74) is 1.62. The predicted molar refractivity (Wildman–Crippen MR) is 92.5 cm³/mol. The summed E-state index contributed by atoms with van der Waals surface area (Å²) in [5.74, 6) is 3.97. The Bertz CT molecular complexity index is 522. The van der Waals surface area contributed by atoms with Crippen molar-refractivity contribution in [3.8, 4) is 5.75 Å². The Hall–Kier alpha value is -1.02. The molecule has 0 radical (unpaired) electrons. The van der Waals surface area contributed by atoms with Crippen molar-refractivity contribution < 1.29 is 4.74 Å². The van der Waals surface area contributed by atoms with Crippen molar-refractivity contribution in [1.82, 2.24) is 4.90 Å². The van der Waals surface area contributed by atoms with Crippen LogP contribution in [0.25, 0.3) is 0 Å². The molecule has 4 saturated carbocycles. The minimum absolute atomic E-state index is 0.186. The van der Waals surface area contributed by atoms with Crippen LogP contribution < -0.4 is 4.74 Å². The van der Waals surface area contributed by atoms with Gasteiger partial charge in [-0.3, -0.25) is 4.90 Å². The Morgan fingerprint density at radius 2 is 1.43 bits per heavy atom. The minimum Gasteiger partial charge on any atom is -0.487 e. The van der Waals surface area contributed by atoms with Gasteiger partial charge < -0.3 is 4.74 Å². The van der Waals surface area contributed by atoms with E-state index < -0.39 is 0 Å². The highest BCUT2D eigenvalue weighted by molar-refractivity contribution is 5.28. The van der Waals surface area contributed by atoms with E-state index in [1.807, 2.05) is 0 Å². The Labute approximate surface area is 140 Å². The third kappa shape index (κ3) is 2.80. The molecule has 0 aromatic heterocycles. The number of benzene rings is 1. The molecule has 1 aromatic rings. The first kappa shape index (κ1) is 14.3. The number of likely N-dealkylation sites (tertiary alicyclic amines) is 1. The summed E-state index contributed by atoms with van der Waals surface area (Å²) in [5, 5.41) is 0. The average molecular weight is 311 g/mol. The summed E-state index contributed by atoms with van der Waals surface area (Å²) in [4.78, 5) is 2.56. The lowest BCUT2D eigenvalue weighted by atomic mass is 9.54. The van der Waals surface area contributed by atoms with E-state index in [-0.39, 0.29) is 5.60 Å². The highest BCUT2D eigenvalue weighted by Crippen LogP contribution is 2.57. The average Bonchev–Trinajstić information content (AvgIpc) is 3.00. The first-order valence-electron chi connectivity index (χ1n) is 9.77. The fourth-order valence-electron chi connectivity index (χ4n) is 6.27. The number of nitrogens with zero attached hydrogens (tertiary/aromatic N) is 1. The van der Waals surface area contributed by atoms with Crippen molar-refractivity contribution in [3.63, 3.8) is 0 Å². The zero-order chi connectivity index (χ0) is 15.3. The molecule has 23 heavy (non-hydrogen) atoms. The van der Waals surface area contributed by atoms with Gasteiger partial charge in [0, 0.05) is 6.54 Å². The summed E-state index contributed by atoms with van der Waals surface area (Å²) < 4.78 is 6.63. The topological polar surface area (TPSA) is 12.5 Å². The van der Waals surface area contributed by atoms with Crippen molar-refractivity contribution in [2.24, 2.45) is 17.8 Å². The van der Waals surface area contributed by atoms with Gasteiger partial charge in [-0.05, 0) is 99.9 Å². The van der Waals surface area contributed by atoms with Crippen LogP contribution in [0.2, 0.25) is 0 Å². The van der Waals surface area contributed by atoms with Gasteiger partial charge in [0.2, 0.25) is 0 Å². The van der Waals surface area contributed by atoms with E-state index >= 15 is 0 Å². The van der Waals surface area contributed by atoms with Crippen LogP contribution in [-0.2, 0) is 6.54 Å². The van der Waals surface area contributed by atoms with Gasteiger partial charge in [0.05, 0.1) is 0 Å². The standard InChI is InChI=1S/C21H29NO/c1-2-8-22(7-1)15-16-3-5-20(6-4-16)23-21-12-17-9-18(13-21)11-19(10-17)14-21/h3-6,17-19H,1-2,7-15H2. The van der Waals surface area contributed by atoms with E-state index in [1.54, 1.807) is 0 Å². The van der Waals surface area contributed by atoms with E-state index in [0.717, 1.165) is 30.0 Å². The second kappa shape index (κ2) is 5.51. The molecule has 2 heteroatoms. The smallest absolute Gasteiger partial charge is 0.120 e. The summed E-state index contributed by atoms with van der Waals surface area (Å²) in [7, 11) is 0. The van der Waals surface area contributed by atoms with Crippen molar-refractivity contribution in [2.45, 2.75) is 63.5 Å². The van der Waals surface area contributed by atoms with Gasteiger partial charge in [0.15, 0.2) is 0 Å². The number of hydrogen-bond acceptors (Lipinski definition) is 2. The van der Waals surface area contributed by atoms with Crippen LogP contribution in [-0.4, -0.2) is 23.6 Å². The minimum atomic E-state index is 0.186. The first-order chi connectivity index (χ1) is 11.3. The lowest BCUT2D eigenvalue weighted by molar-refractivity contribution is -0.107. The molecule has 1 aromatic carbocycles. The summed E-state index contributed by atoms with van der Waals surface area (Å²) >= 11 is 0. The second-order valence-electron chi connectivity index (χ2n) is 8.83. The molecular formula is C21H29NO. The maximum absolute atomic E-state index is 6.63. The zero-order valence-electron chi connectivity index (χ0n) is 14.2. The van der Waals surface area contributed by atoms with Crippen molar-refractivity contribution in [3.05, 3.63) is 29.8 Å². The summed E-state index contributed by atoms with van der Waals surface area (Å²) in [6.07, 6.45) is 11.1. The van der Waals surface area contributed by atoms with Gasteiger partial charge in [-0.2, -0.15) is 0 Å². The molecule has 0 amide bonds. The van der Waals surface area contributed by atoms with Gasteiger partial charge in [-0.1, -0.05) is 12.1 Å². The molecular weight excluding hydrogens is 282 g/mol. The number of rotatable bonds is 4. The maximum Gasteiger partial charge on any atom is 0.120 e. The SMILES string of the molecule is c1cc(OC23CC4CC(CC(C4)C2)C3)ccc1CN1CCCC1. The van der Waals surface area contributed by atoms with Crippen molar-refractivity contribution >= 4 is 0 Å². The lowest BCUT2D eigenvalue weighted by Gasteiger charge is -2.56. The molecule has 0 unspecified atom stereocenters. The molecule has 1 heterocycles. The van der Waals surface area contributed by atoms with Crippen LogP contribution in [0.5, 0.6) is 5.75 Å². The fraction of sp³-hybridized carbons (Fsp3) is 0.714. The van der Waals surface area contributed by atoms with Crippen molar-refractivity contribution in [2.75, 3.05) is 13.1 Å². The molecule has 1 aliphatic heterocycles. The largest absolute Gasteiger partial charge is 0.487 e. The first-order valence-corrected chi connectivity index (χ1v) is 9.77. The Morgan fingerprint density at radius 1 is 0.870 bits per heavy atom. The Kier molecular flexibility index (Phi) is 3.44. The molecule has 2 nitrogen and oxygen atoms in total. The van der Waals surface area contributed by atoms with E-state index in [1.165, 1.54) is 70.0 Å². The lowest BCUT2D eigenvalue weighted by Crippen LogP contribution is -2.53. The van der Waals surface area contributed by atoms with Gasteiger partial charge in [-0.25, -0.2) is 0 Å². The molecule has 0 atom stereocenters. The van der Waals surface area contributed by atoms with Gasteiger partial charge in [-0.15, -0.1) is 0 Å². The Morgan fingerprint density at radius 3 is 2.00 bits per heavy atom. The van der Waals surface area contributed by atoms with Crippen LogP contribution in [0.3, 0.4) is 0 Å². The van der Waals surface area contributed by atoms with Gasteiger partial charge >= 0.3 is 0 Å². The molecule has 4 bridgehead atoms. The highest BCUT2D eigenvalue weighted by atomic mass is 16.5. The quantitative estimate of drug-likeness (QED) is 0.804. The van der Waals surface area contributed by atoms with E-state index in [0.29, 0.717) is 0 Å². The second-order valence-corrected chi connectivity index (χ2v) is 8.83. The molecule has 1 saturated heterocycles. The normalized spacial score (nSPS) is 39.0. The number of hydrogen-bond donors (Lipinski definition) is 0. The van der Waals surface area contributed by atoms with Crippen LogP contribution in [0.4, 0.5) is 0 Å². The van der Waals surface area contributed by atoms with Crippen LogP contribution in [0.15, 0.2) is 24.3 Å². The van der Waals surface area contributed by atoms with Crippen LogP contribution >= 0.6 is 0 Å². The van der Waals surface area contributed by atoms with Gasteiger partial charge in [0.1, 0.15) is 11.4 Å². The zero-order valence-corrected chi connectivity index (χ0v) is 14.2. The van der Waals surface area contributed by atoms with Crippen molar-refractivity contribution in [1.29, 1.82) is 0 Å². The third-order valence-electron chi connectivity index (χ3n) is 6.84. The fourth-order valence-corrected chi connectivity index (χ4v) is 6.27. The predicted octanol–water partition coefficient (Wildman–Crippen LogP) is 4.63. The molecule has 4 aliphatic carbocycles. The summed E-state index contributed by atoms with van der Waals surface area (Å²) in [6.45, 7) is 3.65. The summed E-state index contributed by atoms with van der Waals surface area (Å²) in [6, 6.07) is 9.02. The van der Waals surface area contributed by atoms with E-state index in [9.17, 15) is 0 Å². The van der Waals surface area contributed by atoms with E-state index in [4.69, 9.17) is 4.74 Å². The molecule has 0 spiro atoms. The van der Waals surface area contributed by atoms with Crippen LogP contribution in [0.1, 0.15) is 56.9 Å². The van der Waals surface area contributed by atoms with Gasteiger partial charge in [0.25, 0.3) is 0 Å². The monoisotopic (exact) mass is 311 g/mol. The molecule has 124 valence electrons. The maximum atomic E-state index is 6.63. The number of ether oxygens (including phenoxy) is 1. The molecule has 5 aliphatic rings.